The van der Waals surface area contributed by atoms with Crippen molar-refractivity contribution in [2.24, 2.45) is 0 Å². The van der Waals surface area contributed by atoms with E-state index in [0.29, 0.717) is 5.75 Å². The molecule has 0 aliphatic rings. The molecular formula is C13H8BrF3O. The average molecular weight is 317 g/mol. The van der Waals surface area contributed by atoms with E-state index in [-0.39, 0.29) is 16.6 Å². The molecule has 0 heterocycles. The predicted molar refractivity (Wildman–Crippen MR) is 64.8 cm³/mol. The van der Waals surface area contributed by atoms with Crippen molar-refractivity contribution in [3.8, 4) is 5.75 Å². The number of hydrogen-bond donors (Lipinski definition) is 0. The van der Waals surface area contributed by atoms with Crippen LogP contribution in [0.5, 0.6) is 5.75 Å². The number of halogens is 4. The number of ether oxygens (including phenoxy) is 1. The van der Waals surface area contributed by atoms with Crippen LogP contribution < -0.4 is 4.74 Å². The minimum atomic E-state index is -0.932. The Labute approximate surface area is 110 Å². The maximum Gasteiger partial charge on any atom is 0.165 e. The Bertz CT molecular complexity index is 572. The molecule has 0 radical (unpaired) electrons. The molecule has 0 aromatic heterocycles. The van der Waals surface area contributed by atoms with E-state index in [1.165, 1.54) is 30.3 Å². The lowest BCUT2D eigenvalue weighted by Gasteiger charge is -2.08. The lowest BCUT2D eigenvalue weighted by molar-refractivity contribution is 0.296. The second-order valence-electron chi connectivity index (χ2n) is 3.58. The molecule has 2 rings (SSSR count). The zero-order chi connectivity index (χ0) is 13.1. The predicted octanol–water partition coefficient (Wildman–Crippen LogP) is 4.45. The first-order valence-corrected chi connectivity index (χ1v) is 5.88. The lowest BCUT2D eigenvalue weighted by Crippen LogP contribution is -2.00. The molecule has 0 saturated carbocycles. The summed E-state index contributed by atoms with van der Waals surface area (Å²) < 4.78 is 44.7. The topological polar surface area (TPSA) is 9.23 Å². The fraction of sp³-hybridized carbons (Fsp3) is 0.0769. The van der Waals surface area contributed by atoms with Crippen LogP contribution >= 0.6 is 15.9 Å². The molecule has 94 valence electrons. The summed E-state index contributed by atoms with van der Waals surface area (Å²) in [6.45, 7) is -0.123. The summed E-state index contributed by atoms with van der Waals surface area (Å²) in [5.74, 6) is -1.90. The molecule has 2 aromatic carbocycles. The standard InChI is InChI=1S/C13H8BrF3O/c14-10-6-9(4-5-11(10)15)18-7-8-2-1-3-12(16)13(8)17/h1-6H,7H2. The first-order valence-electron chi connectivity index (χ1n) is 5.08. The van der Waals surface area contributed by atoms with E-state index >= 15 is 0 Å². The Morgan fingerprint density at radius 2 is 1.78 bits per heavy atom. The van der Waals surface area contributed by atoms with Gasteiger partial charge in [0, 0.05) is 5.56 Å². The molecule has 5 heteroatoms. The molecule has 0 N–H and O–H groups in total. The van der Waals surface area contributed by atoms with E-state index in [9.17, 15) is 13.2 Å². The van der Waals surface area contributed by atoms with Crippen molar-refractivity contribution in [1.82, 2.24) is 0 Å². The zero-order valence-electron chi connectivity index (χ0n) is 9.09. The quantitative estimate of drug-likeness (QED) is 0.813. The molecule has 0 atom stereocenters. The van der Waals surface area contributed by atoms with Crippen LogP contribution in [0.1, 0.15) is 5.56 Å². The van der Waals surface area contributed by atoms with Gasteiger partial charge in [-0.15, -0.1) is 0 Å². The summed E-state index contributed by atoms with van der Waals surface area (Å²) in [5, 5.41) is 0. The zero-order valence-corrected chi connectivity index (χ0v) is 10.7. The lowest BCUT2D eigenvalue weighted by atomic mass is 10.2. The minimum Gasteiger partial charge on any atom is -0.489 e. The summed E-state index contributed by atoms with van der Waals surface area (Å²) >= 11 is 3.01. The number of rotatable bonds is 3. The second-order valence-corrected chi connectivity index (χ2v) is 4.43. The average Bonchev–Trinajstić information content (AvgIpc) is 2.35. The monoisotopic (exact) mass is 316 g/mol. The summed E-state index contributed by atoms with van der Waals surface area (Å²) in [6, 6.07) is 7.92. The van der Waals surface area contributed by atoms with Gasteiger partial charge < -0.3 is 4.74 Å². The van der Waals surface area contributed by atoms with Crippen molar-refractivity contribution in [1.29, 1.82) is 0 Å². The molecular weight excluding hydrogens is 309 g/mol. The van der Waals surface area contributed by atoms with Crippen LogP contribution in [0.3, 0.4) is 0 Å². The van der Waals surface area contributed by atoms with Gasteiger partial charge in [-0.05, 0) is 40.2 Å². The first-order chi connectivity index (χ1) is 8.58. The molecule has 0 aliphatic carbocycles. The van der Waals surface area contributed by atoms with Crippen LogP contribution in [0.4, 0.5) is 13.2 Å². The van der Waals surface area contributed by atoms with Gasteiger partial charge in [0.1, 0.15) is 18.2 Å². The van der Waals surface area contributed by atoms with E-state index in [1.54, 1.807) is 0 Å². The van der Waals surface area contributed by atoms with Crippen molar-refractivity contribution in [3.05, 3.63) is 63.9 Å². The Morgan fingerprint density at radius 1 is 1.00 bits per heavy atom. The Balaban J connectivity index is 2.11. The van der Waals surface area contributed by atoms with Crippen LogP contribution in [-0.4, -0.2) is 0 Å². The van der Waals surface area contributed by atoms with Crippen LogP contribution in [0, 0.1) is 17.5 Å². The second kappa shape index (κ2) is 5.44. The van der Waals surface area contributed by atoms with Crippen molar-refractivity contribution in [2.75, 3.05) is 0 Å². The van der Waals surface area contributed by atoms with Crippen LogP contribution in [-0.2, 0) is 6.61 Å². The van der Waals surface area contributed by atoms with Crippen LogP contribution in [0.2, 0.25) is 0 Å². The first kappa shape index (κ1) is 13.0. The number of hydrogen-bond acceptors (Lipinski definition) is 1. The minimum absolute atomic E-state index is 0.107. The van der Waals surface area contributed by atoms with Gasteiger partial charge in [0.2, 0.25) is 0 Å². The van der Waals surface area contributed by atoms with Gasteiger partial charge >= 0.3 is 0 Å². The normalized spacial score (nSPS) is 10.4. The van der Waals surface area contributed by atoms with E-state index < -0.39 is 17.5 Å². The van der Waals surface area contributed by atoms with Crippen molar-refractivity contribution in [2.45, 2.75) is 6.61 Å². The van der Waals surface area contributed by atoms with Gasteiger partial charge in [-0.2, -0.15) is 0 Å². The molecule has 18 heavy (non-hydrogen) atoms. The molecule has 0 saturated heterocycles. The summed E-state index contributed by atoms with van der Waals surface area (Å²) in [7, 11) is 0. The van der Waals surface area contributed by atoms with Gasteiger partial charge in [-0.3, -0.25) is 0 Å². The highest BCUT2D eigenvalue weighted by atomic mass is 79.9. The Hall–Kier alpha value is -1.49. The smallest absolute Gasteiger partial charge is 0.165 e. The maximum atomic E-state index is 13.3. The maximum absolute atomic E-state index is 13.3. The van der Waals surface area contributed by atoms with E-state index in [2.05, 4.69) is 15.9 Å². The van der Waals surface area contributed by atoms with Gasteiger partial charge in [-0.1, -0.05) is 12.1 Å². The van der Waals surface area contributed by atoms with E-state index in [0.717, 1.165) is 6.07 Å². The molecule has 0 amide bonds. The summed E-state index contributed by atoms with van der Waals surface area (Å²) in [6.07, 6.45) is 0. The molecule has 0 fully saturated rings. The molecule has 1 nitrogen and oxygen atoms in total. The Morgan fingerprint density at radius 3 is 2.50 bits per heavy atom. The third-order valence-corrected chi connectivity index (χ3v) is 2.92. The fourth-order valence-corrected chi connectivity index (χ4v) is 1.75. The van der Waals surface area contributed by atoms with Gasteiger partial charge in [0.05, 0.1) is 4.47 Å². The SMILES string of the molecule is Fc1ccc(OCc2cccc(F)c2F)cc1Br. The number of benzene rings is 2. The highest BCUT2D eigenvalue weighted by Crippen LogP contribution is 2.23. The van der Waals surface area contributed by atoms with Crippen LogP contribution in [0.25, 0.3) is 0 Å². The van der Waals surface area contributed by atoms with Crippen molar-refractivity contribution < 1.29 is 17.9 Å². The van der Waals surface area contributed by atoms with Crippen molar-refractivity contribution >= 4 is 15.9 Å². The van der Waals surface area contributed by atoms with E-state index in [1.807, 2.05) is 0 Å². The van der Waals surface area contributed by atoms with E-state index in [4.69, 9.17) is 4.74 Å². The van der Waals surface area contributed by atoms with Crippen molar-refractivity contribution in [3.63, 3.8) is 0 Å². The summed E-state index contributed by atoms with van der Waals surface area (Å²) in [5.41, 5.74) is 0.107. The van der Waals surface area contributed by atoms with Gasteiger partial charge in [0.25, 0.3) is 0 Å². The highest BCUT2D eigenvalue weighted by molar-refractivity contribution is 9.10. The third-order valence-electron chi connectivity index (χ3n) is 2.32. The molecule has 0 unspecified atom stereocenters. The molecule has 2 aromatic rings. The van der Waals surface area contributed by atoms with Gasteiger partial charge in [-0.25, -0.2) is 13.2 Å². The molecule has 0 spiro atoms. The molecule has 0 aliphatic heterocycles. The largest absolute Gasteiger partial charge is 0.489 e. The fourth-order valence-electron chi connectivity index (χ4n) is 1.39. The van der Waals surface area contributed by atoms with Crippen LogP contribution in [0.15, 0.2) is 40.9 Å². The summed E-state index contributed by atoms with van der Waals surface area (Å²) in [4.78, 5) is 0. The van der Waals surface area contributed by atoms with Gasteiger partial charge in [0.15, 0.2) is 11.6 Å². The Kier molecular flexibility index (Phi) is 3.91. The highest BCUT2D eigenvalue weighted by Gasteiger charge is 2.08. The molecule has 0 bridgehead atoms. The third kappa shape index (κ3) is 2.85.